The number of carbonyl (C=O) groups is 1. The van der Waals surface area contributed by atoms with Gasteiger partial charge in [0.15, 0.2) is 0 Å². The summed E-state index contributed by atoms with van der Waals surface area (Å²) < 4.78 is 13.2. The molecule has 0 saturated carbocycles. The molecule has 2 aromatic heterocycles. The van der Waals surface area contributed by atoms with E-state index in [0.29, 0.717) is 31.2 Å². The minimum absolute atomic E-state index is 0.185. The van der Waals surface area contributed by atoms with Gasteiger partial charge in [0, 0.05) is 19.5 Å². The van der Waals surface area contributed by atoms with Gasteiger partial charge in [-0.15, -0.1) is 0 Å². The first kappa shape index (κ1) is 13.9. The zero-order valence-corrected chi connectivity index (χ0v) is 11.0. The Balaban J connectivity index is 1.99. The highest BCUT2D eigenvalue weighted by atomic mass is 19.1. The lowest BCUT2D eigenvalue weighted by Gasteiger charge is -2.09. The van der Waals surface area contributed by atoms with Crippen molar-refractivity contribution < 1.29 is 9.18 Å². The summed E-state index contributed by atoms with van der Waals surface area (Å²) in [6.45, 7) is 2.84. The second-order valence-electron chi connectivity index (χ2n) is 4.02. The molecular formula is C12H15FN6O. The largest absolute Gasteiger partial charge is 0.370 e. The quantitative estimate of drug-likeness (QED) is 0.724. The molecule has 106 valence electrons. The fourth-order valence-corrected chi connectivity index (χ4v) is 1.66. The Morgan fingerprint density at radius 2 is 2.30 bits per heavy atom. The fraction of sp³-hybridized carbons (Fsp3) is 0.333. The third kappa shape index (κ3) is 3.50. The van der Waals surface area contributed by atoms with Crippen molar-refractivity contribution in [1.29, 1.82) is 0 Å². The number of rotatable bonds is 6. The number of anilines is 1. The van der Waals surface area contributed by atoms with E-state index in [2.05, 4.69) is 30.8 Å². The van der Waals surface area contributed by atoms with Gasteiger partial charge in [0.25, 0.3) is 5.91 Å². The number of aromatic nitrogens is 4. The van der Waals surface area contributed by atoms with Crippen molar-refractivity contribution in [1.82, 2.24) is 25.5 Å². The number of hydrogen-bond acceptors (Lipinski definition) is 5. The van der Waals surface area contributed by atoms with Crippen molar-refractivity contribution in [2.75, 3.05) is 18.4 Å². The Bertz CT molecular complexity index is 571. The normalized spacial score (nSPS) is 10.3. The van der Waals surface area contributed by atoms with Crippen LogP contribution in [0.4, 0.5) is 10.2 Å². The molecule has 1 amide bonds. The smallest absolute Gasteiger partial charge is 0.255 e. The summed E-state index contributed by atoms with van der Waals surface area (Å²) in [5, 5.41) is 12.0. The average Bonchev–Trinajstić information content (AvgIpc) is 2.94. The van der Waals surface area contributed by atoms with Crippen molar-refractivity contribution in [2.45, 2.75) is 13.3 Å². The lowest BCUT2D eigenvalue weighted by Crippen LogP contribution is -2.27. The molecule has 3 N–H and O–H groups in total. The van der Waals surface area contributed by atoms with Crippen molar-refractivity contribution >= 4 is 11.7 Å². The number of H-pyrrole nitrogens is 1. The number of hydrogen-bond donors (Lipinski definition) is 3. The molecule has 0 saturated heterocycles. The zero-order chi connectivity index (χ0) is 14.4. The van der Waals surface area contributed by atoms with Gasteiger partial charge in [-0.2, -0.15) is 5.10 Å². The van der Waals surface area contributed by atoms with E-state index in [9.17, 15) is 9.18 Å². The molecule has 0 bridgehead atoms. The molecular weight excluding hydrogens is 263 g/mol. The Hall–Kier alpha value is -2.51. The number of carbonyl (C=O) groups excluding carboxylic acids is 1. The lowest BCUT2D eigenvalue weighted by atomic mass is 10.2. The van der Waals surface area contributed by atoms with E-state index in [1.54, 1.807) is 0 Å². The molecule has 2 heterocycles. The second-order valence-corrected chi connectivity index (χ2v) is 4.02. The van der Waals surface area contributed by atoms with Gasteiger partial charge in [0.1, 0.15) is 23.8 Å². The van der Waals surface area contributed by atoms with Crippen LogP contribution in [-0.2, 0) is 6.42 Å². The maximum atomic E-state index is 13.2. The van der Waals surface area contributed by atoms with Crippen LogP contribution in [0.15, 0.2) is 18.6 Å². The zero-order valence-electron chi connectivity index (χ0n) is 11.0. The first-order valence-electron chi connectivity index (χ1n) is 6.22. The highest BCUT2D eigenvalue weighted by Gasteiger charge is 2.13. The predicted molar refractivity (Wildman–Crippen MR) is 70.8 cm³/mol. The maximum Gasteiger partial charge on any atom is 0.255 e. The molecule has 2 rings (SSSR count). The van der Waals surface area contributed by atoms with Crippen LogP contribution in [0.1, 0.15) is 23.1 Å². The van der Waals surface area contributed by atoms with Gasteiger partial charge in [-0.3, -0.25) is 9.89 Å². The van der Waals surface area contributed by atoms with E-state index in [1.807, 2.05) is 6.92 Å². The third-order valence-corrected chi connectivity index (χ3v) is 2.56. The van der Waals surface area contributed by atoms with Crippen LogP contribution in [0.5, 0.6) is 0 Å². The first-order valence-corrected chi connectivity index (χ1v) is 6.22. The van der Waals surface area contributed by atoms with E-state index in [-0.39, 0.29) is 11.5 Å². The van der Waals surface area contributed by atoms with E-state index < -0.39 is 5.82 Å². The SMILES string of the molecule is CCNc1ncc(F)cc1C(=O)NCCc1ncn[nH]1. The van der Waals surface area contributed by atoms with Crippen LogP contribution in [0, 0.1) is 5.82 Å². The van der Waals surface area contributed by atoms with Crippen molar-refractivity contribution in [3.63, 3.8) is 0 Å². The monoisotopic (exact) mass is 278 g/mol. The molecule has 0 spiro atoms. The molecule has 0 aliphatic rings. The molecule has 0 aromatic carbocycles. The van der Waals surface area contributed by atoms with Crippen LogP contribution in [0.3, 0.4) is 0 Å². The number of pyridine rings is 1. The van der Waals surface area contributed by atoms with Gasteiger partial charge in [0.2, 0.25) is 0 Å². The summed E-state index contributed by atoms with van der Waals surface area (Å²) in [6, 6.07) is 1.16. The van der Waals surface area contributed by atoms with Crippen LogP contribution in [0.2, 0.25) is 0 Å². The van der Waals surface area contributed by atoms with Gasteiger partial charge in [-0.25, -0.2) is 14.4 Å². The van der Waals surface area contributed by atoms with Crippen LogP contribution >= 0.6 is 0 Å². The topological polar surface area (TPSA) is 95.6 Å². The van der Waals surface area contributed by atoms with Gasteiger partial charge in [-0.1, -0.05) is 0 Å². The van der Waals surface area contributed by atoms with Gasteiger partial charge in [-0.05, 0) is 13.0 Å². The first-order chi connectivity index (χ1) is 9.70. The molecule has 8 heteroatoms. The number of aromatic amines is 1. The van der Waals surface area contributed by atoms with Gasteiger partial charge < -0.3 is 10.6 Å². The molecule has 0 atom stereocenters. The standard InChI is InChI=1S/C12H15FN6O/c1-2-14-11-9(5-8(13)6-16-11)12(20)15-4-3-10-17-7-18-19-10/h5-7H,2-4H2,1H3,(H,14,16)(H,15,20)(H,17,18,19). The Kier molecular flexibility index (Phi) is 4.59. The predicted octanol–water partition coefficient (Wildman–Crippen LogP) is 0.743. The number of nitrogens with zero attached hydrogens (tertiary/aromatic N) is 3. The molecule has 0 unspecified atom stereocenters. The fourth-order valence-electron chi connectivity index (χ4n) is 1.66. The minimum atomic E-state index is -0.549. The second kappa shape index (κ2) is 6.60. The summed E-state index contributed by atoms with van der Waals surface area (Å²) in [5.41, 5.74) is 0.185. The lowest BCUT2D eigenvalue weighted by molar-refractivity contribution is 0.0954. The van der Waals surface area contributed by atoms with Gasteiger partial charge in [0.05, 0.1) is 11.8 Å². The summed E-state index contributed by atoms with van der Waals surface area (Å²) in [7, 11) is 0. The number of halogens is 1. The summed E-state index contributed by atoms with van der Waals surface area (Å²) in [5.74, 6) is 0.111. The van der Waals surface area contributed by atoms with E-state index in [0.717, 1.165) is 12.3 Å². The van der Waals surface area contributed by atoms with E-state index >= 15 is 0 Å². The molecule has 0 fully saturated rings. The minimum Gasteiger partial charge on any atom is -0.370 e. The van der Waals surface area contributed by atoms with Gasteiger partial charge >= 0.3 is 0 Å². The van der Waals surface area contributed by atoms with Crippen LogP contribution in [0.25, 0.3) is 0 Å². The molecule has 20 heavy (non-hydrogen) atoms. The molecule has 0 radical (unpaired) electrons. The van der Waals surface area contributed by atoms with Crippen molar-refractivity contribution in [2.24, 2.45) is 0 Å². The number of nitrogens with one attached hydrogen (secondary N) is 3. The molecule has 0 aliphatic heterocycles. The average molecular weight is 278 g/mol. The third-order valence-electron chi connectivity index (χ3n) is 2.56. The van der Waals surface area contributed by atoms with Crippen molar-refractivity contribution in [3.05, 3.63) is 35.8 Å². The van der Waals surface area contributed by atoms with Crippen LogP contribution < -0.4 is 10.6 Å². The summed E-state index contributed by atoms with van der Waals surface area (Å²) in [6.07, 6.45) is 2.99. The van der Waals surface area contributed by atoms with E-state index in [4.69, 9.17) is 0 Å². The summed E-state index contributed by atoms with van der Waals surface area (Å²) in [4.78, 5) is 19.8. The highest BCUT2D eigenvalue weighted by Crippen LogP contribution is 2.13. The Morgan fingerprint density at radius 1 is 1.45 bits per heavy atom. The number of amides is 1. The Morgan fingerprint density at radius 3 is 3.00 bits per heavy atom. The van der Waals surface area contributed by atoms with E-state index in [1.165, 1.54) is 6.33 Å². The summed E-state index contributed by atoms with van der Waals surface area (Å²) >= 11 is 0. The molecule has 0 aliphatic carbocycles. The van der Waals surface area contributed by atoms with Crippen molar-refractivity contribution in [3.8, 4) is 0 Å². The highest BCUT2D eigenvalue weighted by molar-refractivity contribution is 5.98. The molecule has 2 aromatic rings. The maximum absolute atomic E-state index is 13.2. The Labute approximate surface area is 115 Å². The van der Waals surface area contributed by atoms with Crippen LogP contribution in [-0.4, -0.2) is 39.2 Å². The molecule has 7 nitrogen and oxygen atoms in total.